The first-order valence-electron chi connectivity index (χ1n) is 11.2. The highest BCUT2D eigenvalue weighted by atomic mass is 19.1. The molecule has 0 saturated carbocycles. The Hall–Kier alpha value is -3.36. The van der Waals surface area contributed by atoms with Crippen molar-refractivity contribution >= 4 is 17.9 Å². The Kier molecular flexibility index (Phi) is 7.96. The van der Waals surface area contributed by atoms with Gasteiger partial charge in [0.15, 0.2) is 0 Å². The van der Waals surface area contributed by atoms with E-state index >= 15 is 0 Å². The van der Waals surface area contributed by atoms with Gasteiger partial charge in [0.05, 0.1) is 11.7 Å². The van der Waals surface area contributed by atoms with E-state index in [0.29, 0.717) is 13.1 Å². The third kappa shape index (κ3) is 6.82. The van der Waals surface area contributed by atoms with E-state index in [1.807, 2.05) is 30.3 Å². The van der Waals surface area contributed by atoms with Crippen molar-refractivity contribution in [3.8, 4) is 0 Å². The fourth-order valence-corrected chi connectivity index (χ4v) is 3.46. The second-order valence-electron chi connectivity index (χ2n) is 9.28. The summed E-state index contributed by atoms with van der Waals surface area (Å²) in [6.07, 6.45) is -0.955. The predicted molar refractivity (Wildman–Crippen MR) is 125 cm³/mol. The molecule has 2 aromatic carbocycles. The molecule has 1 N–H and O–H groups in total. The Morgan fingerprint density at radius 1 is 1.12 bits per heavy atom. The molecule has 0 spiro atoms. The van der Waals surface area contributed by atoms with Gasteiger partial charge in [-0.05, 0) is 44.4 Å². The second-order valence-corrected chi connectivity index (χ2v) is 9.28. The van der Waals surface area contributed by atoms with Gasteiger partial charge in [-0.25, -0.2) is 18.4 Å². The van der Waals surface area contributed by atoms with Crippen LogP contribution in [0.25, 0.3) is 0 Å². The summed E-state index contributed by atoms with van der Waals surface area (Å²) in [4.78, 5) is 27.1. The number of likely N-dealkylation sites (N-methyl/N-ethyl adjacent to an activating group) is 1. The van der Waals surface area contributed by atoms with Crippen LogP contribution in [0.15, 0.2) is 42.5 Å². The van der Waals surface area contributed by atoms with Crippen molar-refractivity contribution in [2.75, 3.05) is 31.6 Å². The fraction of sp³-hybridized carbons (Fsp3) is 0.440. The first-order valence-corrected chi connectivity index (χ1v) is 11.2. The van der Waals surface area contributed by atoms with Crippen molar-refractivity contribution in [1.82, 2.24) is 10.2 Å². The zero-order chi connectivity index (χ0) is 24.9. The summed E-state index contributed by atoms with van der Waals surface area (Å²) in [5.41, 5.74) is 0.553. The van der Waals surface area contributed by atoms with Crippen LogP contribution in [-0.2, 0) is 22.5 Å². The van der Waals surface area contributed by atoms with Crippen LogP contribution in [0.3, 0.4) is 0 Å². The largest absolute Gasteiger partial charge is 0.445 e. The third-order valence-electron chi connectivity index (χ3n) is 5.42. The smallest absolute Gasteiger partial charge is 0.410 e. The SMILES string of the molecule is CN(C(=O)OC(C)(C)C)C1CN(c2cc(F)c(CCNC(=O)OCc3ccccc3)cc2F)C1. The van der Waals surface area contributed by atoms with Gasteiger partial charge >= 0.3 is 12.2 Å². The number of rotatable bonds is 7. The summed E-state index contributed by atoms with van der Waals surface area (Å²) in [6.45, 7) is 6.35. The lowest BCUT2D eigenvalue weighted by atomic mass is 10.0. The highest BCUT2D eigenvalue weighted by Gasteiger charge is 2.35. The van der Waals surface area contributed by atoms with Crippen LogP contribution in [-0.4, -0.2) is 55.4 Å². The topological polar surface area (TPSA) is 71.1 Å². The van der Waals surface area contributed by atoms with Gasteiger partial charge in [0.25, 0.3) is 0 Å². The van der Waals surface area contributed by atoms with E-state index in [-0.39, 0.29) is 36.9 Å². The zero-order valence-corrected chi connectivity index (χ0v) is 19.9. The fourth-order valence-electron chi connectivity index (χ4n) is 3.46. The normalized spacial score (nSPS) is 13.8. The van der Waals surface area contributed by atoms with E-state index in [4.69, 9.17) is 9.47 Å². The lowest BCUT2D eigenvalue weighted by Gasteiger charge is -2.45. The average Bonchev–Trinajstić information content (AvgIpc) is 2.73. The first kappa shape index (κ1) is 25.3. The molecule has 1 fully saturated rings. The van der Waals surface area contributed by atoms with Crippen LogP contribution in [0.4, 0.5) is 24.1 Å². The molecule has 2 amide bonds. The van der Waals surface area contributed by atoms with E-state index in [2.05, 4.69) is 5.32 Å². The van der Waals surface area contributed by atoms with Gasteiger partial charge in [0.2, 0.25) is 0 Å². The Morgan fingerprint density at radius 2 is 1.79 bits per heavy atom. The minimum absolute atomic E-state index is 0.107. The maximum atomic E-state index is 14.7. The Morgan fingerprint density at radius 3 is 2.44 bits per heavy atom. The number of halogens is 2. The molecule has 9 heteroatoms. The summed E-state index contributed by atoms with van der Waals surface area (Å²) in [6, 6.07) is 11.4. The van der Waals surface area contributed by atoms with Crippen molar-refractivity contribution in [2.24, 2.45) is 0 Å². The minimum Gasteiger partial charge on any atom is -0.445 e. The van der Waals surface area contributed by atoms with Crippen LogP contribution >= 0.6 is 0 Å². The Labute approximate surface area is 198 Å². The summed E-state index contributed by atoms with van der Waals surface area (Å²) in [5, 5.41) is 2.54. The van der Waals surface area contributed by atoms with Crippen LogP contribution in [0.5, 0.6) is 0 Å². The second kappa shape index (κ2) is 10.7. The first-order chi connectivity index (χ1) is 16.0. The quantitative estimate of drug-likeness (QED) is 0.639. The van der Waals surface area contributed by atoms with Crippen LogP contribution in [0, 0.1) is 11.6 Å². The monoisotopic (exact) mass is 475 g/mol. The number of alkyl carbamates (subject to hydrolysis) is 1. The lowest BCUT2D eigenvalue weighted by molar-refractivity contribution is 0.0196. The molecule has 0 bridgehead atoms. The number of carbonyl (C=O) groups is 2. The molecule has 0 unspecified atom stereocenters. The van der Waals surface area contributed by atoms with Crippen molar-refractivity contribution in [3.63, 3.8) is 0 Å². The molecule has 1 saturated heterocycles. The summed E-state index contributed by atoms with van der Waals surface area (Å²) in [7, 11) is 1.63. The number of nitrogens with zero attached hydrogens (tertiary/aromatic N) is 2. The zero-order valence-electron chi connectivity index (χ0n) is 19.9. The molecule has 7 nitrogen and oxygen atoms in total. The number of nitrogens with one attached hydrogen (secondary N) is 1. The summed E-state index contributed by atoms with van der Waals surface area (Å²) >= 11 is 0. The number of hydrogen-bond donors (Lipinski definition) is 1. The number of ether oxygens (including phenoxy) is 2. The standard InChI is InChI=1S/C25H31F2N3O4/c1-25(2,3)34-24(32)29(4)19-14-30(15-19)22-13-20(26)18(12-21(22)27)10-11-28-23(31)33-16-17-8-6-5-7-9-17/h5-9,12-13,19H,10-11,14-16H2,1-4H3,(H,28,31). The van der Waals surface area contributed by atoms with Gasteiger partial charge in [0, 0.05) is 32.7 Å². The molecule has 0 atom stereocenters. The lowest BCUT2D eigenvalue weighted by Crippen LogP contribution is -2.60. The van der Waals surface area contributed by atoms with Crippen LogP contribution < -0.4 is 10.2 Å². The highest BCUT2D eigenvalue weighted by molar-refractivity contribution is 5.69. The summed E-state index contributed by atoms with van der Waals surface area (Å²) in [5.74, 6) is -1.11. The molecule has 1 heterocycles. The van der Waals surface area contributed by atoms with E-state index in [0.717, 1.165) is 17.7 Å². The number of benzene rings is 2. The maximum absolute atomic E-state index is 14.7. The molecule has 34 heavy (non-hydrogen) atoms. The number of anilines is 1. The molecular formula is C25H31F2N3O4. The summed E-state index contributed by atoms with van der Waals surface area (Å²) < 4.78 is 39.7. The highest BCUT2D eigenvalue weighted by Crippen LogP contribution is 2.29. The van der Waals surface area contributed by atoms with Gasteiger partial charge in [-0.1, -0.05) is 30.3 Å². The average molecular weight is 476 g/mol. The van der Waals surface area contributed by atoms with E-state index in [9.17, 15) is 18.4 Å². The van der Waals surface area contributed by atoms with Crippen molar-refractivity contribution in [1.29, 1.82) is 0 Å². The molecule has 1 aliphatic rings. The molecule has 3 rings (SSSR count). The molecule has 0 aromatic heterocycles. The van der Waals surface area contributed by atoms with Gasteiger partial charge in [-0.3, -0.25) is 0 Å². The molecule has 184 valence electrons. The third-order valence-corrected chi connectivity index (χ3v) is 5.42. The van der Waals surface area contributed by atoms with E-state index in [1.54, 1.807) is 32.7 Å². The number of hydrogen-bond acceptors (Lipinski definition) is 5. The Bertz CT molecular complexity index is 1010. The maximum Gasteiger partial charge on any atom is 0.410 e. The van der Waals surface area contributed by atoms with Gasteiger partial charge in [-0.15, -0.1) is 0 Å². The van der Waals surface area contributed by atoms with Gasteiger partial charge in [0.1, 0.15) is 23.8 Å². The number of carbonyl (C=O) groups excluding carboxylic acids is 2. The van der Waals surface area contributed by atoms with Crippen molar-refractivity contribution < 1.29 is 27.8 Å². The predicted octanol–water partition coefficient (Wildman–Crippen LogP) is 4.49. The number of amides is 2. The molecule has 0 aliphatic carbocycles. The van der Waals surface area contributed by atoms with Crippen molar-refractivity contribution in [2.45, 2.75) is 45.4 Å². The molecular weight excluding hydrogens is 444 g/mol. The van der Waals surface area contributed by atoms with Gasteiger partial charge in [-0.2, -0.15) is 0 Å². The minimum atomic E-state index is -0.623. The van der Waals surface area contributed by atoms with E-state index < -0.39 is 29.4 Å². The molecule has 0 radical (unpaired) electrons. The van der Waals surface area contributed by atoms with Crippen molar-refractivity contribution in [3.05, 3.63) is 65.2 Å². The Balaban J connectivity index is 1.47. The van der Waals surface area contributed by atoms with Crippen LogP contribution in [0.1, 0.15) is 31.9 Å². The molecule has 1 aliphatic heterocycles. The van der Waals surface area contributed by atoms with Crippen LogP contribution in [0.2, 0.25) is 0 Å². The van der Waals surface area contributed by atoms with E-state index in [1.165, 1.54) is 4.90 Å². The molecule has 2 aromatic rings. The van der Waals surface area contributed by atoms with Gasteiger partial charge < -0.3 is 24.6 Å².